The van der Waals surface area contributed by atoms with Gasteiger partial charge in [-0.15, -0.1) is 0 Å². The van der Waals surface area contributed by atoms with Crippen molar-refractivity contribution in [3.8, 4) is 5.75 Å². The Morgan fingerprint density at radius 3 is 3.00 bits per heavy atom. The number of hydrogen-bond acceptors (Lipinski definition) is 4. The Labute approximate surface area is 115 Å². The summed E-state index contributed by atoms with van der Waals surface area (Å²) >= 11 is 0. The number of aromatic nitrogens is 2. The first-order chi connectivity index (χ1) is 9.61. The Kier molecular flexibility index (Phi) is 2.98. The summed E-state index contributed by atoms with van der Waals surface area (Å²) < 4.78 is 6.84. The van der Waals surface area contributed by atoms with Gasteiger partial charge >= 0.3 is 5.97 Å². The first kappa shape index (κ1) is 12.4. The van der Waals surface area contributed by atoms with Crippen molar-refractivity contribution in [1.82, 2.24) is 9.78 Å². The molecular formula is C14H13N3O3. The monoisotopic (exact) mass is 271 g/mol. The van der Waals surface area contributed by atoms with E-state index in [0.717, 1.165) is 11.3 Å². The van der Waals surface area contributed by atoms with Gasteiger partial charge in [-0.3, -0.25) is 9.48 Å². The molecule has 2 aromatic rings. The molecule has 6 heteroatoms. The molecule has 1 aromatic heterocycles. The molecule has 0 radical (unpaired) electrons. The first-order valence-electron chi connectivity index (χ1n) is 6.25. The number of rotatable bonds is 2. The Hall–Kier alpha value is -2.63. The lowest BCUT2D eigenvalue weighted by Gasteiger charge is -2.17. The molecule has 102 valence electrons. The van der Waals surface area contributed by atoms with E-state index < -0.39 is 5.97 Å². The molecule has 0 fully saturated rings. The van der Waals surface area contributed by atoms with E-state index in [4.69, 9.17) is 4.74 Å². The van der Waals surface area contributed by atoms with Crippen molar-refractivity contribution >= 4 is 17.6 Å². The van der Waals surface area contributed by atoms with Crippen LogP contribution in [0.2, 0.25) is 0 Å². The number of nitrogens with one attached hydrogen (secondary N) is 1. The number of aryl methyl sites for hydroxylation is 2. The molecule has 0 atom stereocenters. The first-order valence-corrected chi connectivity index (χ1v) is 6.25. The van der Waals surface area contributed by atoms with Gasteiger partial charge in [0.1, 0.15) is 5.75 Å². The third kappa shape index (κ3) is 2.40. The van der Waals surface area contributed by atoms with Gasteiger partial charge < -0.3 is 10.1 Å². The molecule has 0 saturated carbocycles. The van der Waals surface area contributed by atoms with Gasteiger partial charge in [0.25, 0.3) is 0 Å². The molecule has 6 nitrogen and oxygen atoms in total. The summed E-state index contributed by atoms with van der Waals surface area (Å²) in [7, 11) is 1.73. The second kappa shape index (κ2) is 4.80. The highest BCUT2D eigenvalue weighted by molar-refractivity contribution is 5.94. The molecule has 0 bridgehead atoms. The fourth-order valence-electron chi connectivity index (χ4n) is 2.12. The summed E-state index contributed by atoms with van der Waals surface area (Å²) in [5.41, 5.74) is 2.15. The lowest BCUT2D eigenvalue weighted by Crippen LogP contribution is -2.19. The molecule has 0 saturated heterocycles. The summed E-state index contributed by atoms with van der Waals surface area (Å²) in [4.78, 5) is 23.2. The number of ether oxygens (including phenoxy) is 1. The predicted octanol–water partition coefficient (Wildman–Crippen LogP) is 1.52. The van der Waals surface area contributed by atoms with Crippen molar-refractivity contribution in [2.24, 2.45) is 7.05 Å². The van der Waals surface area contributed by atoms with Crippen LogP contribution in [0.5, 0.6) is 5.75 Å². The van der Waals surface area contributed by atoms with Crippen LogP contribution in [0.1, 0.15) is 22.3 Å². The highest BCUT2D eigenvalue weighted by Crippen LogP contribution is 2.27. The molecule has 0 spiro atoms. The highest BCUT2D eigenvalue weighted by atomic mass is 16.5. The van der Waals surface area contributed by atoms with Crippen LogP contribution in [0, 0.1) is 0 Å². The van der Waals surface area contributed by atoms with Crippen molar-refractivity contribution in [1.29, 1.82) is 0 Å². The summed E-state index contributed by atoms with van der Waals surface area (Å²) in [6.45, 7) is 0. The molecule has 1 aliphatic heterocycles. The number of amides is 1. The van der Waals surface area contributed by atoms with Crippen LogP contribution in [-0.2, 0) is 18.3 Å². The fourth-order valence-corrected chi connectivity index (χ4v) is 2.12. The molecule has 3 rings (SSSR count). The number of benzene rings is 1. The van der Waals surface area contributed by atoms with Gasteiger partial charge in [0.15, 0.2) is 0 Å². The van der Waals surface area contributed by atoms with Crippen LogP contribution in [0.15, 0.2) is 30.6 Å². The maximum Gasteiger partial charge on any atom is 0.346 e. The maximum atomic E-state index is 11.9. The van der Waals surface area contributed by atoms with Gasteiger partial charge in [-0.2, -0.15) is 5.10 Å². The van der Waals surface area contributed by atoms with Gasteiger partial charge in [0.05, 0.1) is 11.8 Å². The number of anilines is 1. The minimum Gasteiger partial charge on any atom is -0.423 e. The van der Waals surface area contributed by atoms with E-state index in [1.807, 2.05) is 0 Å². The molecular weight excluding hydrogens is 258 g/mol. The standard InChI is InChI=1S/C14H13N3O3/c1-17-8-10(7-15-17)14(19)20-11-3-4-12-9(6-11)2-5-13(18)16-12/h3-4,6-8H,2,5H2,1H3,(H,16,18). The average Bonchev–Trinajstić information content (AvgIpc) is 2.86. The third-order valence-corrected chi connectivity index (χ3v) is 3.12. The van der Waals surface area contributed by atoms with Crippen molar-refractivity contribution in [3.05, 3.63) is 41.7 Å². The van der Waals surface area contributed by atoms with E-state index in [2.05, 4.69) is 10.4 Å². The third-order valence-electron chi connectivity index (χ3n) is 3.12. The number of carbonyl (C=O) groups excluding carboxylic acids is 2. The molecule has 1 aromatic carbocycles. The van der Waals surface area contributed by atoms with Crippen LogP contribution in [0.25, 0.3) is 0 Å². The summed E-state index contributed by atoms with van der Waals surface area (Å²) in [6.07, 6.45) is 4.16. The van der Waals surface area contributed by atoms with Gasteiger partial charge in [-0.1, -0.05) is 0 Å². The zero-order valence-corrected chi connectivity index (χ0v) is 10.9. The average molecular weight is 271 g/mol. The second-order valence-electron chi connectivity index (χ2n) is 4.66. The van der Waals surface area contributed by atoms with Crippen LogP contribution in [-0.4, -0.2) is 21.7 Å². The van der Waals surface area contributed by atoms with Crippen molar-refractivity contribution in [3.63, 3.8) is 0 Å². The van der Waals surface area contributed by atoms with E-state index >= 15 is 0 Å². The van der Waals surface area contributed by atoms with Crippen LogP contribution >= 0.6 is 0 Å². The Bertz CT molecular complexity index is 691. The summed E-state index contributed by atoms with van der Waals surface area (Å²) in [5, 5.41) is 6.71. The van der Waals surface area contributed by atoms with Gasteiger partial charge in [0, 0.05) is 25.4 Å². The Balaban J connectivity index is 1.78. The molecule has 0 aliphatic carbocycles. The zero-order chi connectivity index (χ0) is 14.1. The van der Waals surface area contributed by atoms with E-state index in [1.165, 1.54) is 6.20 Å². The molecule has 1 N–H and O–H groups in total. The quantitative estimate of drug-likeness (QED) is 0.664. The van der Waals surface area contributed by atoms with Crippen molar-refractivity contribution in [2.75, 3.05) is 5.32 Å². The number of hydrogen-bond donors (Lipinski definition) is 1. The van der Waals surface area contributed by atoms with E-state index in [9.17, 15) is 9.59 Å². The van der Waals surface area contributed by atoms with Crippen LogP contribution < -0.4 is 10.1 Å². The Morgan fingerprint density at radius 2 is 2.25 bits per heavy atom. The highest BCUT2D eigenvalue weighted by Gasteiger charge is 2.16. The minimum atomic E-state index is -0.446. The lowest BCUT2D eigenvalue weighted by atomic mass is 10.0. The van der Waals surface area contributed by atoms with Gasteiger partial charge in [0.2, 0.25) is 5.91 Å². The molecule has 20 heavy (non-hydrogen) atoms. The molecule has 2 heterocycles. The largest absolute Gasteiger partial charge is 0.423 e. The van der Waals surface area contributed by atoms with E-state index in [0.29, 0.717) is 24.2 Å². The fraction of sp³-hybridized carbons (Fsp3) is 0.214. The van der Waals surface area contributed by atoms with Crippen LogP contribution in [0.4, 0.5) is 5.69 Å². The van der Waals surface area contributed by atoms with Crippen molar-refractivity contribution in [2.45, 2.75) is 12.8 Å². The predicted molar refractivity (Wildman–Crippen MR) is 71.6 cm³/mol. The number of carbonyl (C=O) groups is 2. The number of nitrogens with zero attached hydrogens (tertiary/aromatic N) is 2. The summed E-state index contributed by atoms with van der Waals surface area (Å²) in [6, 6.07) is 5.19. The van der Waals surface area contributed by atoms with E-state index in [-0.39, 0.29) is 5.91 Å². The normalized spacial score (nSPS) is 13.6. The van der Waals surface area contributed by atoms with Gasteiger partial charge in [-0.05, 0) is 30.2 Å². The SMILES string of the molecule is Cn1cc(C(=O)Oc2ccc3c(c2)CCC(=O)N3)cn1. The lowest BCUT2D eigenvalue weighted by molar-refractivity contribution is -0.116. The van der Waals surface area contributed by atoms with Gasteiger partial charge in [-0.25, -0.2) is 4.79 Å². The van der Waals surface area contributed by atoms with E-state index in [1.54, 1.807) is 36.1 Å². The molecule has 0 unspecified atom stereocenters. The number of fused-ring (bicyclic) bond motifs is 1. The second-order valence-corrected chi connectivity index (χ2v) is 4.66. The maximum absolute atomic E-state index is 11.9. The number of esters is 1. The summed E-state index contributed by atoms with van der Waals surface area (Å²) in [5.74, 6) is 0.0317. The zero-order valence-electron chi connectivity index (χ0n) is 10.9. The van der Waals surface area contributed by atoms with Crippen molar-refractivity contribution < 1.29 is 14.3 Å². The minimum absolute atomic E-state index is 0.0117. The molecule has 1 aliphatic rings. The van der Waals surface area contributed by atoms with Crippen LogP contribution in [0.3, 0.4) is 0 Å². The molecule has 1 amide bonds. The smallest absolute Gasteiger partial charge is 0.346 e. The Morgan fingerprint density at radius 1 is 1.40 bits per heavy atom. The topological polar surface area (TPSA) is 73.2 Å².